The number of carbonyl (C=O) groups excluding carboxylic acids is 1. The molecule has 1 fully saturated rings. The number of nitrogens with zero attached hydrogens (tertiary/aromatic N) is 3. The second-order valence-corrected chi connectivity index (χ2v) is 6.56. The number of amides is 1. The molecule has 28 heavy (non-hydrogen) atoms. The Hall–Kier alpha value is -2.45. The third-order valence-corrected chi connectivity index (χ3v) is 4.59. The number of hydrogen-bond donors (Lipinski definition) is 1. The van der Waals surface area contributed by atoms with Crippen LogP contribution < -0.4 is 10.6 Å². The Bertz CT molecular complexity index is 711. The summed E-state index contributed by atoms with van der Waals surface area (Å²) in [6.07, 6.45) is 2.64. The maximum atomic E-state index is 13.6. The maximum absolute atomic E-state index is 13.6. The van der Waals surface area contributed by atoms with E-state index in [0.717, 1.165) is 12.0 Å². The van der Waals surface area contributed by atoms with Gasteiger partial charge >= 0.3 is 0 Å². The van der Waals surface area contributed by atoms with Crippen molar-refractivity contribution in [1.82, 2.24) is 9.91 Å². The number of ether oxygens (including phenoxy) is 2. The van der Waals surface area contributed by atoms with Crippen molar-refractivity contribution in [2.75, 3.05) is 40.0 Å². The number of amidine groups is 1. The zero-order valence-electron chi connectivity index (χ0n) is 16.6. The molecule has 1 aromatic carbocycles. The molecule has 1 amide bonds. The molecule has 1 saturated heterocycles. The predicted molar refractivity (Wildman–Crippen MR) is 107 cm³/mol. The van der Waals surface area contributed by atoms with Gasteiger partial charge in [-0.1, -0.05) is 19.6 Å². The van der Waals surface area contributed by atoms with Crippen molar-refractivity contribution in [2.24, 2.45) is 10.8 Å². The topological polar surface area (TPSA) is 80.4 Å². The first-order valence-electron chi connectivity index (χ1n) is 9.38. The number of benzene rings is 1. The normalized spacial score (nSPS) is 16.9. The van der Waals surface area contributed by atoms with Crippen LogP contribution in [-0.4, -0.2) is 67.7 Å². The molecule has 8 heteroatoms. The number of aliphatic imine (C=N–C) groups is 1. The van der Waals surface area contributed by atoms with Gasteiger partial charge in [0.25, 0.3) is 0 Å². The Morgan fingerprint density at radius 2 is 2.21 bits per heavy atom. The number of carbonyl (C=O) groups is 1. The molecule has 1 atom stereocenters. The molecule has 1 aliphatic rings. The lowest BCUT2D eigenvalue weighted by Gasteiger charge is -2.34. The molecule has 1 aromatic rings. The Labute approximate surface area is 165 Å². The largest absolute Gasteiger partial charge is 0.491 e. The van der Waals surface area contributed by atoms with Gasteiger partial charge in [0, 0.05) is 19.7 Å². The molecule has 0 aromatic heterocycles. The average Bonchev–Trinajstić information content (AvgIpc) is 2.70. The Kier molecular flexibility index (Phi) is 8.41. The van der Waals surface area contributed by atoms with Crippen LogP contribution in [-0.2, 0) is 16.0 Å². The number of piperazine rings is 1. The van der Waals surface area contributed by atoms with Crippen LogP contribution in [0, 0.1) is 5.82 Å². The molecular formula is C20H29FN4O3. The number of rotatable bonds is 9. The minimum absolute atomic E-state index is 0.0740. The van der Waals surface area contributed by atoms with Crippen molar-refractivity contribution >= 4 is 11.7 Å². The number of methoxy groups -OCH3 is 1. The predicted octanol–water partition coefficient (Wildman–Crippen LogP) is 1.77. The minimum Gasteiger partial charge on any atom is -0.491 e. The molecule has 0 bridgehead atoms. The molecular weight excluding hydrogens is 363 g/mol. The van der Waals surface area contributed by atoms with Gasteiger partial charge in [-0.25, -0.2) is 10.2 Å². The summed E-state index contributed by atoms with van der Waals surface area (Å²) >= 11 is 0. The fourth-order valence-corrected chi connectivity index (χ4v) is 2.94. The van der Waals surface area contributed by atoms with Crippen molar-refractivity contribution in [3.05, 3.63) is 42.2 Å². The summed E-state index contributed by atoms with van der Waals surface area (Å²) in [5.41, 5.74) is 0.868. The van der Waals surface area contributed by atoms with Crippen molar-refractivity contribution in [1.29, 1.82) is 0 Å². The van der Waals surface area contributed by atoms with E-state index in [0.29, 0.717) is 50.9 Å². The standard InChI is InChI=1S/C20H29FN4O3/c1-4-17(23-19-14-24(20(26)5-2)8-9-25(19)22)12-15-6-7-16(21)13-18(15)28-11-10-27-3/h5-7,13,17H,2,4,8-12,14,22H2,1,3H3/b23-19-/t17-/m0/s1. The van der Waals surface area contributed by atoms with Gasteiger partial charge in [-0.2, -0.15) is 0 Å². The molecule has 0 spiro atoms. The number of halogens is 1. The smallest absolute Gasteiger partial charge is 0.246 e. The lowest BCUT2D eigenvalue weighted by atomic mass is 10.0. The Morgan fingerprint density at radius 1 is 1.43 bits per heavy atom. The molecule has 154 valence electrons. The van der Waals surface area contributed by atoms with Crippen molar-refractivity contribution in [3.8, 4) is 5.75 Å². The SMILES string of the molecule is C=CC(=O)N1CCN(N)/C(=N\[C@@H](CC)Cc2ccc(F)cc2OCCOC)C1. The van der Waals surface area contributed by atoms with E-state index in [9.17, 15) is 9.18 Å². The van der Waals surface area contributed by atoms with Gasteiger partial charge in [0.2, 0.25) is 5.91 Å². The van der Waals surface area contributed by atoms with Gasteiger partial charge in [-0.3, -0.25) is 14.8 Å². The Balaban J connectivity index is 2.15. The van der Waals surface area contributed by atoms with Gasteiger partial charge in [-0.05, 0) is 30.5 Å². The number of hydrogen-bond acceptors (Lipinski definition) is 5. The van der Waals surface area contributed by atoms with Crippen LogP contribution in [0.4, 0.5) is 4.39 Å². The van der Waals surface area contributed by atoms with E-state index in [4.69, 9.17) is 20.3 Å². The average molecular weight is 392 g/mol. The minimum atomic E-state index is -0.352. The van der Waals surface area contributed by atoms with Crippen LogP contribution in [0.15, 0.2) is 35.8 Å². The molecule has 2 rings (SSSR count). The third kappa shape index (κ3) is 6.03. The molecule has 0 aliphatic carbocycles. The summed E-state index contributed by atoms with van der Waals surface area (Å²) in [6.45, 7) is 7.71. The number of nitrogens with two attached hydrogens (primary N) is 1. The monoisotopic (exact) mass is 392 g/mol. The van der Waals surface area contributed by atoms with Crippen LogP contribution >= 0.6 is 0 Å². The molecule has 1 heterocycles. The zero-order chi connectivity index (χ0) is 20.5. The molecule has 1 aliphatic heterocycles. The van der Waals surface area contributed by atoms with E-state index in [1.165, 1.54) is 18.2 Å². The highest BCUT2D eigenvalue weighted by Gasteiger charge is 2.24. The van der Waals surface area contributed by atoms with E-state index in [-0.39, 0.29) is 17.8 Å². The van der Waals surface area contributed by atoms with Crippen molar-refractivity contribution < 1.29 is 18.7 Å². The second kappa shape index (κ2) is 10.8. The maximum Gasteiger partial charge on any atom is 0.246 e. The lowest BCUT2D eigenvalue weighted by Crippen LogP contribution is -2.55. The highest BCUT2D eigenvalue weighted by Crippen LogP contribution is 2.23. The molecule has 2 N–H and O–H groups in total. The second-order valence-electron chi connectivity index (χ2n) is 6.56. The van der Waals surface area contributed by atoms with E-state index in [2.05, 4.69) is 6.58 Å². The summed E-state index contributed by atoms with van der Waals surface area (Å²) in [4.78, 5) is 18.3. The highest BCUT2D eigenvalue weighted by molar-refractivity contribution is 5.93. The zero-order valence-corrected chi connectivity index (χ0v) is 16.6. The summed E-state index contributed by atoms with van der Waals surface area (Å²) in [6, 6.07) is 4.44. The first-order chi connectivity index (χ1) is 13.5. The molecule has 0 unspecified atom stereocenters. The van der Waals surface area contributed by atoms with E-state index < -0.39 is 0 Å². The summed E-state index contributed by atoms with van der Waals surface area (Å²) < 4.78 is 24.3. The summed E-state index contributed by atoms with van der Waals surface area (Å²) in [5.74, 6) is 6.71. The van der Waals surface area contributed by atoms with Gasteiger partial charge < -0.3 is 14.4 Å². The molecule has 7 nitrogen and oxygen atoms in total. The van der Waals surface area contributed by atoms with Crippen LogP contribution in [0.3, 0.4) is 0 Å². The van der Waals surface area contributed by atoms with Crippen LogP contribution in [0.25, 0.3) is 0 Å². The quantitative estimate of drug-likeness (QED) is 0.394. The third-order valence-electron chi connectivity index (χ3n) is 4.59. The number of hydrazine groups is 1. The van der Waals surface area contributed by atoms with Gasteiger partial charge in [0.05, 0.1) is 25.7 Å². The van der Waals surface area contributed by atoms with Gasteiger partial charge in [-0.15, -0.1) is 0 Å². The van der Waals surface area contributed by atoms with Gasteiger partial charge in [0.1, 0.15) is 24.0 Å². The first-order valence-corrected chi connectivity index (χ1v) is 9.38. The summed E-state index contributed by atoms with van der Waals surface area (Å²) in [5, 5.41) is 1.58. The van der Waals surface area contributed by atoms with Gasteiger partial charge in [0.15, 0.2) is 0 Å². The van der Waals surface area contributed by atoms with Crippen LogP contribution in [0.5, 0.6) is 5.75 Å². The molecule has 0 saturated carbocycles. The highest BCUT2D eigenvalue weighted by atomic mass is 19.1. The fourth-order valence-electron chi connectivity index (χ4n) is 2.94. The van der Waals surface area contributed by atoms with E-state index >= 15 is 0 Å². The fraction of sp³-hybridized carbons (Fsp3) is 0.500. The van der Waals surface area contributed by atoms with Crippen LogP contribution in [0.2, 0.25) is 0 Å². The Morgan fingerprint density at radius 3 is 2.89 bits per heavy atom. The van der Waals surface area contributed by atoms with E-state index in [1.54, 1.807) is 23.1 Å². The molecule has 0 radical (unpaired) electrons. The van der Waals surface area contributed by atoms with Crippen molar-refractivity contribution in [3.63, 3.8) is 0 Å². The first kappa shape index (κ1) is 21.8. The lowest BCUT2D eigenvalue weighted by molar-refractivity contribution is -0.126. The van der Waals surface area contributed by atoms with Crippen LogP contribution in [0.1, 0.15) is 18.9 Å². The van der Waals surface area contributed by atoms with E-state index in [1.807, 2.05) is 6.92 Å². The van der Waals surface area contributed by atoms with Crippen molar-refractivity contribution in [2.45, 2.75) is 25.8 Å². The summed E-state index contributed by atoms with van der Waals surface area (Å²) in [7, 11) is 1.59.